The van der Waals surface area contributed by atoms with E-state index in [1.165, 1.54) is 5.56 Å². The van der Waals surface area contributed by atoms with E-state index < -0.39 is 0 Å². The van der Waals surface area contributed by atoms with Crippen LogP contribution in [0, 0.1) is 0 Å². The summed E-state index contributed by atoms with van der Waals surface area (Å²) in [7, 11) is 4.04. The minimum absolute atomic E-state index is 0.0544. The van der Waals surface area contributed by atoms with Crippen molar-refractivity contribution in [2.24, 2.45) is 0 Å². The summed E-state index contributed by atoms with van der Waals surface area (Å²) >= 11 is 0. The van der Waals surface area contributed by atoms with Gasteiger partial charge < -0.3 is 14.2 Å². The van der Waals surface area contributed by atoms with Gasteiger partial charge in [0.15, 0.2) is 5.69 Å². The van der Waals surface area contributed by atoms with Crippen LogP contribution in [0.25, 0.3) is 0 Å². The van der Waals surface area contributed by atoms with E-state index in [1.54, 1.807) is 6.07 Å². The van der Waals surface area contributed by atoms with Crippen LogP contribution < -0.4 is 4.74 Å². The Morgan fingerprint density at radius 2 is 2.07 bits per heavy atom. The molecular weight excluding hydrogens is 366 g/mol. The number of fused-ring (bicyclic) bond motifs is 1. The highest BCUT2D eigenvalue weighted by atomic mass is 16.5. The van der Waals surface area contributed by atoms with Crippen molar-refractivity contribution in [3.63, 3.8) is 0 Å². The van der Waals surface area contributed by atoms with Crippen LogP contribution in [-0.2, 0) is 13.0 Å². The van der Waals surface area contributed by atoms with Gasteiger partial charge in [0.1, 0.15) is 17.1 Å². The zero-order chi connectivity index (χ0) is 20.4. The van der Waals surface area contributed by atoms with E-state index in [1.807, 2.05) is 18.0 Å². The number of aromatic nitrogens is 1. The van der Waals surface area contributed by atoms with Crippen LogP contribution in [0.3, 0.4) is 0 Å². The van der Waals surface area contributed by atoms with E-state index in [2.05, 4.69) is 42.2 Å². The van der Waals surface area contributed by atoms with Gasteiger partial charge in [-0.2, -0.15) is 0 Å². The third kappa shape index (κ3) is 4.17. The highest BCUT2D eigenvalue weighted by molar-refractivity contribution is 5.92. The van der Waals surface area contributed by atoms with Crippen LogP contribution in [0.15, 0.2) is 34.9 Å². The van der Waals surface area contributed by atoms with Crippen molar-refractivity contribution in [3.05, 3.63) is 47.3 Å². The average Bonchev–Trinajstić information content (AvgIpc) is 3.12. The van der Waals surface area contributed by atoms with E-state index in [9.17, 15) is 4.79 Å². The number of aryl methyl sites for hydroxylation is 1. The third-order valence-corrected chi connectivity index (χ3v) is 6.31. The Bertz CT molecular complexity index is 855. The molecule has 1 aromatic heterocycles. The number of hydrogen-bond acceptors (Lipinski definition) is 5. The maximum Gasteiger partial charge on any atom is 0.276 e. The van der Waals surface area contributed by atoms with Gasteiger partial charge in [-0.15, -0.1) is 0 Å². The molecule has 1 aliphatic carbocycles. The average molecular weight is 398 g/mol. The van der Waals surface area contributed by atoms with Crippen molar-refractivity contribution in [1.82, 2.24) is 15.0 Å². The number of amides is 1. The van der Waals surface area contributed by atoms with Gasteiger partial charge in [-0.05, 0) is 45.2 Å². The van der Waals surface area contributed by atoms with Crippen molar-refractivity contribution in [2.75, 3.05) is 20.6 Å². The lowest BCUT2D eigenvalue weighted by molar-refractivity contribution is -0.00855. The van der Waals surface area contributed by atoms with Crippen LogP contribution in [0.4, 0.5) is 0 Å². The lowest BCUT2D eigenvalue weighted by Gasteiger charge is -2.43. The summed E-state index contributed by atoms with van der Waals surface area (Å²) in [6, 6.07) is 10.3. The summed E-state index contributed by atoms with van der Waals surface area (Å²) in [6.45, 7) is 3.90. The molecule has 1 spiro atoms. The molecule has 0 bridgehead atoms. The molecule has 2 heterocycles. The molecule has 1 saturated carbocycles. The van der Waals surface area contributed by atoms with Crippen molar-refractivity contribution in [2.45, 2.75) is 63.6 Å². The van der Waals surface area contributed by atoms with Crippen LogP contribution in [-0.4, -0.2) is 53.1 Å². The molecule has 0 unspecified atom stereocenters. The molecule has 0 N–H and O–H groups in total. The molecule has 0 saturated heterocycles. The summed E-state index contributed by atoms with van der Waals surface area (Å²) in [5, 5.41) is 3.98. The Labute approximate surface area is 172 Å². The van der Waals surface area contributed by atoms with E-state index in [0.29, 0.717) is 5.69 Å². The summed E-state index contributed by atoms with van der Waals surface area (Å²) in [5.41, 5.74) is 1.48. The van der Waals surface area contributed by atoms with Crippen LogP contribution in [0.1, 0.15) is 60.8 Å². The molecule has 1 aromatic carbocycles. The molecule has 0 atom stereocenters. The first kappa shape index (κ1) is 20.0. The topological polar surface area (TPSA) is 58.8 Å². The van der Waals surface area contributed by atoms with Crippen molar-refractivity contribution in [3.8, 4) is 5.75 Å². The minimum atomic E-state index is -0.177. The number of benzene rings is 1. The molecular formula is C23H31N3O3. The number of hydrogen-bond donors (Lipinski definition) is 0. The van der Waals surface area contributed by atoms with Crippen LogP contribution in [0.5, 0.6) is 5.75 Å². The predicted molar refractivity (Wildman–Crippen MR) is 111 cm³/mol. The Morgan fingerprint density at radius 1 is 1.31 bits per heavy atom. The summed E-state index contributed by atoms with van der Waals surface area (Å²) < 4.78 is 11.9. The molecule has 6 heteroatoms. The fourth-order valence-electron chi connectivity index (χ4n) is 4.74. The van der Waals surface area contributed by atoms with Gasteiger partial charge in [-0.25, -0.2) is 0 Å². The Morgan fingerprint density at radius 3 is 2.83 bits per heavy atom. The molecule has 4 rings (SSSR count). The maximum atomic E-state index is 12.9. The number of para-hydroxylation sites is 1. The van der Waals surface area contributed by atoms with Gasteiger partial charge in [0, 0.05) is 44.2 Å². The first-order valence-electron chi connectivity index (χ1n) is 10.7. The largest absolute Gasteiger partial charge is 0.486 e. The SMILES string of the molecule is CCCc1cc(C(=O)N(C)C2CCC3(CC2)CN(C)Cc2ccccc2O3)no1. The number of carbonyl (C=O) groups is 1. The third-order valence-electron chi connectivity index (χ3n) is 6.31. The molecule has 2 aromatic rings. The summed E-state index contributed by atoms with van der Waals surface area (Å²) in [4.78, 5) is 17.1. The van der Waals surface area contributed by atoms with Crippen molar-refractivity contribution >= 4 is 5.91 Å². The number of rotatable bonds is 4. The summed E-state index contributed by atoms with van der Waals surface area (Å²) in [5.74, 6) is 1.73. The second-order valence-corrected chi connectivity index (χ2v) is 8.64. The lowest BCUT2D eigenvalue weighted by atomic mass is 9.81. The van der Waals surface area contributed by atoms with Crippen LogP contribution >= 0.6 is 0 Å². The fraction of sp³-hybridized carbons (Fsp3) is 0.565. The number of nitrogens with zero attached hydrogens (tertiary/aromatic N) is 3. The molecule has 1 amide bonds. The zero-order valence-electron chi connectivity index (χ0n) is 17.7. The normalized spacial score (nSPS) is 24.6. The van der Waals surface area contributed by atoms with Gasteiger partial charge in [0.2, 0.25) is 0 Å². The maximum absolute atomic E-state index is 12.9. The molecule has 156 valence electrons. The second kappa shape index (κ2) is 8.19. The van der Waals surface area contributed by atoms with Gasteiger partial charge in [0.05, 0.1) is 0 Å². The fourth-order valence-corrected chi connectivity index (χ4v) is 4.74. The van der Waals surface area contributed by atoms with Gasteiger partial charge in [-0.1, -0.05) is 30.3 Å². The Hall–Kier alpha value is -2.34. The number of likely N-dealkylation sites (N-methyl/N-ethyl adjacent to an activating group) is 1. The molecule has 1 fully saturated rings. The predicted octanol–water partition coefficient (Wildman–Crippen LogP) is 3.90. The van der Waals surface area contributed by atoms with Gasteiger partial charge in [0.25, 0.3) is 5.91 Å². The van der Waals surface area contributed by atoms with Crippen molar-refractivity contribution < 1.29 is 14.1 Å². The van der Waals surface area contributed by atoms with Gasteiger partial charge in [-0.3, -0.25) is 9.69 Å². The molecule has 0 radical (unpaired) electrons. The first-order valence-corrected chi connectivity index (χ1v) is 10.7. The quantitative estimate of drug-likeness (QED) is 0.783. The highest BCUT2D eigenvalue weighted by Gasteiger charge is 2.42. The molecule has 1 aliphatic heterocycles. The monoisotopic (exact) mass is 397 g/mol. The smallest absolute Gasteiger partial charge is 0.276 e. The lowest BCUT2D eigenvalue weighted by Crippen LogP contribution is -2.51. The van der Waals surface area contributed by atoms with E-state index >= 15 is 0 Å². The first-order chi connectivity index (χ1) is 14.0. The standard InChI is InChI=1S/C23H31N3O3/c1-4-7-19-14-20(24-29-19)22(27)26(3)18-10-12-23(13-11-18)16-25(2)15-17-8-5-6-9-21(17)28-23/h5-6,8-9,14,18H,4,7,10-13,15-16H2,1-3H3. The second-order valence-electron chi connectivity index (χ2n) is 8.64. The Balaban J connectivity index is 1.42. The minimum Gasteiger partial charge on any atom is -0.486 e. The highest BCUT2D eigenvalue weighted by Crippen LogP contribution is 2.39. The zero-order valence-corrected chi connectivity index (χ0v) is 17.7. The van der Waals surface area contributed by atoms with Gasteiger partial charge >= 0.3 is 0 Å². The van der Waals surface area contributed by atoms with E-state index in [4.69, 9.17) is 9.26 Å². The van der Waals surface area contributed by atoms with E-state index in [0.717, 1.165) is 63.1 Å². The van der Waals surface area contributed by atoms with E-state index in [-0.39, 0.29) is 17.6 Å². The molecule has 6 nitrogen and oxygen atoms in total. The van der Waals surface area contributed by atoms with Crippen molar-refractivity contribution in [1.29, 1.82) is 0 Å². The molecule has 2 aliphatic rings. The van der Waals surface area contributed by atoms with Crippen LogP contribution in [0.2, 0.25) is 0 Å². The Kier molecular flexibility index (Phi) is 5.63. The summed E-state index contributed by atoms with van der Waals surface area (Å²) in [6.07, 6.45) is 5.51. The molecule has 29 heavy (non-hydrogen) atoms. The number of carbonyl (C=O) groups excluding carboxylic acids is 1. The number of ether oxygens (including phenoxy) is 1.